The lowest BCUT2D eigenvalue weighted by Crippen LogP contribution is -2.23. The minimum absolute atomic E-state index is 0.314. The van der Waals surface area contributed by atoms with Crippen molar-refractivity contribution < 1.29 is 0 Å². The van der Waals surface area contributed by atoms with Crippen LogP contribution in [0.25, 0.3) is 0 Å². The smallest absolute Gasteiger partial charge is 0.137 e. The van der Waals surface area contributed by atoms with Crippen molar-refractivity contribution in [1.82, 2.24) is 9.97 Å². The summed E-state index contributed by atoms with van der Waals surface area (Å²) in [6.45, 7) is 6.17. The number of aromatic nitrogens is 2. The summed E-state index contributed by atoms with van der Waals surface area (Å²) in [5.74, 6) is 2.76. The van der Waals surface area contributed by atoms with Crippen LogP contribution in [0.3, 0.4) is 0 Å². The van der Waals surface area contributed by atoms with Crippen LogP contribution in [0.2, 0.25) is 0 Å². The fourth-order valence-corrected chi connectivity index (χ4v) is 1.78. The monoisotopic (exact) mass is 220 g/mol. The van der Waals surface area contributed by atoms with E-state index in [4.69, 9.17) is 5.73 Å². The summed E-state index contributed by atoms with van der Waals surface area (Å²) in [4.78, 5) is 11.2. The van der Waals surface area contributed by atoms with Gasteiger partial charge in [0.15, 0.2) is 0 Å². The maximum atomic E-state index is 5.94. The van der Waals surface area contributed by atoms with E-state index in [0.717, 1.165) is 17.2 Å². The lowest BCUT2D eigenvalue weighted by atomic mass is 10.2. The fraction of sp³-hybridized carbons (Fsp3) is 0.667. The van der Waals surface area contributed by atoms with Gasteiger partial charge in [-0.1, -0.05) is 13.8 Å². The maximum Gasteiger partial charge on any atom is 0.137 e. The zero-order valence-corrected chi connectivity index (χ0v) is 10.5. The van der Waals surface area contributed by atoms with Crippen molar-refractivity contribution in [3.63, 3.8) is 0 Å². The average molecular weight is 220 g/mol. The molecule has 88 valence electrons. The first-order chi connectivity index (χ1) is 7.50. The van der Waals surface area contributed by atoms with Gasteiger partial charge in [0.1, 0.15) is 17.5 Å². The van der Waals surface area contributed by atoms with Crippen LogP contribution in [0.5, 0.6) is 0 Å². The van der Waals surface area contributed by atoms with E-state index < -0.39 is 0 Å². The number of hydrogen-bond acceptors (Lipinski definition) is 4. The van der Waals surface area contributed by atoms with Gasteiger partial charge < -0.3 is 10.6 Å². The first-order valence-corrected chi connectivity index (χ1v) is 5.87. The highest BCUT2D eigenvalue weighted by molar-refractivity contribution is 5.57. The van der Waals surface area contributed by atoms with Crippen molar-refractivity contribution in [2.45, 2.75) is 45.6 Å². The van der Waals surface area contributed by atoms with Gasteiger partial charge in [0.25, 0.3) is 0 Å². The third-order valence-corrected chi connectivity index (χ3v) is 3.12. The molecular weight excluding hydrogens is 200 g/mol. The lowest BCUT2D eigenvalue weighted by Gasteiger charge is -2.21. The van der Waals surface area contributed by atoms with Gasteiger partial charge in [-0.25, -0.2) is 9.97 Å². The summed E-state index contributed by atoms with van der Waals surface area (Å²) in [6.07, 6.45) is 2.52. The van der Waals surface area contributed by atoms with Gasteiger partial charge in [-0.15, -0.1) is 0 Å². The van der Waals surface area contributed by atoms with Gasteiger partial charge >= 0.3 is 0 Å². The summed E-state index contributed by atoms with van der Waals surface area (Å²) >= 11 is 0. The molecule has 1 aromatic heterocycles. The van der Waals surface area contributed by atoms with E-state index in [9.17, 15) is 0 Å². The molecule has 0 bridgehead atoms. The van der Waals surface area contributed by atoms with Crippen LogP contribution in [0.1, 0.15) is 44.0 Å². The highest BCUT2D eigenvalue weighted by Gasteiger charge is 2.29. The Labute approximate surface area is 96.9 Å². The van der Waals surface area contributed by atoms with Crippen molar-refractivity contribution in [1.29, 1.82) is 0 Å². The van der Waals surface area contributed by atoms with Crippen LogP contribution in [-0.2, 0) is 0 Å². The Hall–Kier alpha value is -1.32. The number of rotatable bonds is 3. The van der Waals surface area contributed by atoms with Gasteiger partial charge in [0.2, 0.25) is 0 Å². The number of hydrogen-bond donors (Lipinski definition) is 1. The summed E-state index contributed by atoms with van der Waals surface area (Å²) in [5.41, 5.74) is 6.94. The second-order valence-electron chi connectivity index (χ2n) is 4.91. The molecule has 4 nitrogen and oxygen atoms in total. The van der Waals surface area contributed by atoms with Crippen LogP contribution in [0.15, 0.2) is 0 Å². The Morgan fingerprint density at radius 2 is 1.94 bits per heavy atom. The van der Waals surface area contributed by atoms with E-state index in [-0.39, 0.29) is 0 Å². The highest BCUT2D eigenvalue weighted by Crippen LogP contribution is 2.32. The first kappa shape index (κ1) is 11.2. The molecule has 1 aromatic rings. The second kappa shape index (κ2) is 3.92. The predicted octanol–water partition coefficient (Wildman–Crippen LogP) is 2.09. The molecule has 1 saturated carbocycles. The van der Waals surface area contributed by atoms with Crippen LogP contribution in [0, 0.1) is 6.92 Å². The van der Waals surface area contributed by atoms with Gasteiger partial charge in [-0.3, -0.25) is 0 Å². The number of nitrogen functional groups attached to an aromatic ring is 1. The molecule has 0 radical (unpaired) electrons. The molecule has 1 heterocycles. The SMILES string of the molecule is Cc1c(N)nc(C(C)C)nc1N(C)C1CC1. The number of anilines is 2. The Bertz CT molecular complexity index is 396. The molecule has 0 atom stereocenters. The summed E-state index contributed by atoms with van der Waals surface area (Å²) in [6, 6.07) is 0.646. The molecule has 0 saturated heterocycles. The van der Waals surface area contributed by atoms with Crippen LogP contribution in [0.4, 0.5) is 11.6 Å². The highest BCUT2D eigenvalue weighted by atomic mass is 15.2. The van der Waals surface area contributed by atoms with Gasteiger partial charge in [0, 0.05) is 24.6 Å². The predicted molar refractivity (Wildman–Crippen MR) is 66.7 cm³/mol. The lowest BCUT2D eigenvalue weighted by molar-refractivity contribution is 0.760. The minimum atomic E-state index is 0.314. The molecular formula is C12H20N4. The molecule has 16 heavy (non-hydrogen) atoms. The molecule has 1 fully saturated rings. The molecule has 1 aliphatic carbocycles. The van der Waals surface area contributed by atoms with Crippen molar-refractivity contribution >= 4 is 11.6 Å². The summed E-state index contributed by atoms with van der Waals surface area (Å²) in [7, 11) is 2.09. The van der Waals surface area contributed by atoms with Crippen molar-refractivity contribution in [3.8, 4) is 0 Å². The zero-order valence-electron chi connectivity index (χ0n) is 10.5. The van der Waals surface area contributed by atoms with Crippen LogP contribution >= 0.6 is 0 Å². The second-order valence-corrected chi connectivity index (χ2v) is 4.91. The van der Waals surface area contributed by atoms with Gasteiger partial charge in [0.05, 0.1) is 0 Å². The molecule has 4 heteroatoms. The summed E-state index contributed by atoms with van der Waals surface area (Å²) < 4.78 is 0. The Balaban J connectivity index is 2.41. The standard InChI is InChI=1S/C12H20N4/c1-7(2)11-14-10(13)8(3)12(15-11)16(4)9-5-6-9/h7,9H,5-6H2,1-4H3,(H2,13,14,15). The fourth-order valence-electron chi connectivity index (χ4n) is 1.78. The molecule has 2 N–H and O–H groups in total. The number of nitrogens with two attached hydrogens (primary N) is 1. The largest absolute Gasteiger partial charge is 0.383 e. The Morgan fingerprint density at radius 1 is 1.31 bits per heavy atom. The maximum absolute atomic E-state index is 5.94. The van der Waals surface area contributed by atoms with Crippen molar-refractivity contribution in [2.75, 3.05) is 17.7 Å². The van der Waals surface area contributed by atoms with Gasteiger partial charge in [-0.05, 0) is 19.8 Å². The molecule has 0 aromatic carbocycles. The van der Waals surface area contributed by atoms with E-state index in [2.05, 4.69) is 35.8 Å². The molecule has 0 aliphatic heterocycles. The quantitative estimate of drug-likeness (QED) is 0.847. The van der Waals surface area contributed by atoms with Crippen LogP contribution < -0.4 is 10.6 Å². The minimum Gasteiger partial charge on any atom is -0.383 e. The van der Waals surface area contributed by atoms with E-state index in [1.165, 1.54) is 12.8 Å². The van der Waals surface area contributed by atoms with Gasteiger partial charge in [-0.2, -0.15) is 0 Å². The molecule has 0 amide bonds. The van der Waals surface area contributed by atoms with Crippen molar-refractivity contribution in [2.24, 2.45) is 0 Å². The third kappa shape index (κ3) is 1.96. The van der Waals surface area contributed by atoms with Crippen molar-refractivity contribution in [3.05, 3.63) is 11.4 Å². The van der Waals surface area contributed by atoms with E-state index in [1.807, 2.05) is 6.92 Å². The first-order valence-electron chi connectivity index (χ1n) is 5.87. The van der Waals surface area contributed by atoms with E-state index >= 15 is 0 Å². The topological polar surface area (TPSA) is 55.0 Å². The Kier molecular flexibility index (Phi) is 2.74. The number of nitrogens with zero attached hydrogens (tertiary/aromatic N) is 3. The van der Waals surface area contributed by atoms with Crippen LogP contribution in [-0.4, -0.2) is 23.1 Å². The summed E-state index contributed by atoms with van der Waals surface area (Å²) in [5, 5.41) is 0. The van der Waals surface area contributed by atoms with E-state index in [1.54, 1.807) is 0 Å². The van der Waals surface area contributed by atoms with E-state index in [0.29, 0.717) is 17.8 Å². The third-order valence-electron chi connectivity index (χ3n) is 3.12. The average Bonchev–Trinajstić information content (AvgIpc) is 3.04. The normalized spacial score (nSPS) is 15.6. The molecule has 0 spiro atoms. The molecule has 1 aliphatic rings. The zero-order chi connectivity index (χ0) is 11.9. The molecule has 0 unspecified atom stereocenters. The molecule has 2 rings (SSSR count). The Morgan fingerprint density at radius 3 is 2.44 bits per heavy atom.